The molecular formula is C16H40O12Si4. The van der Waals surface area contributed by atoms with Crippen molar-refractivity contribution in [3.05, 3.63) is 0 Å². The Labute approximate surface area is 196 Å². The van der Waals surface area contributed by atoms with Gasteiger partial charge >= 0.3 is 36.2 Å². The lowest BCUT2D eigenvalue weighted by Crippen LogP contribution is -2.76. The Balaban J connectivity index is 3.73. The van der Waals surface area contributed by atoms with Gasteiger partial charge in [0, 0.05) is 52.9 Å². The third-order valence-corrected chi connectivity index (χ3v) is 16.7. The number of hydrogen-bond acceptors (Lipinski definition) is 12. The highest BCUT2D eigenvalue weighted by molar-refractivity contribution is 6.83. The van der Waals surface area contributed by atoms with Gasteiger partial charge in [-0.3, -0.25) is 0 Å². The van der Waals surface area contributed by atoms with Crippen molar-refractivity contribution in [3.8, 4) is 0 Å². The first-order valence-corrected chi connectivity index (χ1v) is 17.8. The quantitative estimate of drug-likeness (QED) is 0.269. The summed E-state index contributed by atoms with van der Waals surface area (Å²) < 4.78 is 72.8. The van der Waals surface area contributed by atoms with Crippen LogP contribution in [0.25, 0.3) is 0 Å². The molecule has 0 aromatic carbocycles. The third-order valence-electron chi connectivity index (χ3n) is 3.57. The monoisotopic (exact) mass is 536 g/mol. The van der Waals surface area contributed by atoms with Crippen LogP contribution >= 0.6 is 0 Å². The molecule has 32 heavy (non-hydrogen) atoms. The second-order valence-electron chi connectivity index (χ2n) is 5.87. The van der Waals surface area contributed by atoms with E-state index in [1.54, 1.807) is 55.4 Å². The van der Waals surface area contributed by atoms with Crippen LogP contribution < -0.4 is 0 Å². The second-order valence-corrected chi connectivity index (χ2v) is 15.4. The smallest absolute Gasteiger partial charge is 0.352 e. The molecule has 1 aliphatic rings. The van der Waals surface area contributed by atoms with E-state index in [1.165, 1.54) is 0 Å². The highest BCUT2D eigenvalue weighted by Gasteiger charge is 2.75. The molecule has 0 aliphatic carbocycles. The molecule has 0 N–H and O–H groups in total. The maximum atomic E-state index is 6.34. The molecule has 1 aliphatic heterocycles. The van der Waals surface area contributed by atoms with Crippen LogP contribution in [0.1, 0.15) is 55.4 Å². The summed E-state index contributed by atoms with van der Waals surface area (Å²) in [6.07, 6.45) is 0. The molecule has 12 nitrogen and oxygen atoms in total. The second kappa shape index (κ2) is 14.7. The fraction of sp³-hybridized carbons (Fsp3) is 1.00. The van der Waals surface area contributed by atoms with Crippen LogP contribution in [0.3, 0.4) is 0 Å². The van der Waals surface area contributed by atoms with E-state index in [2.05, 4.69) is 0 Å². The number of hydrogen-bond donors (Lipinski definition) is 0. The Morgan fingerprint density at radius 2 is 0.438 bits per heavy atom. The maximum Gasteiger partial charge on any atom is 0.668 e. The van der Waals surface area contributed by atoms with Gasteiger partial charge in [0.1, 0.15) is 0 Å². The summed E-state index contributed by atoms with van der Waals surface area (Å²) in [5.41, 5.74) is 0. The van der Waals surface area contributed by atoms with Gasteiger partial charge in [-0.05, 0) is 55.4 Å². The summed E-state index contributed by atoms with van der Waals surface area (Å²) in [5, 5.41) is 0. The molecule has 1 fully saturated rings. The molecule has 0 saturated carbocycles. The van der Waals surface area contributed by atoms with E-state index < -0.39 is 36.2 Å². The largest absolute Gasteiger partial charge is 0.668 e. The fourth-order valence-corrected chi connectivity index (χ4v) is 16.7. The van der Waals surface area contributed by atoms with E-state index in [9.17, 15) is 0 Å². The van der Waals surface area contributed by atoms with Crippen LogP contribution in [-0.4, -0.2) is 89.0 Å². The van der Waals surface area contributed by atoms with Gasteiger partial charge in [-0.15, -0.1) is 0 Å². The molecule has 1 rings (SSSR count). The van der Waals surface area contributed by atoms with Crippen molar-refractivity contribution in [1.82, 2.24) is 0 Å². The fourth-order valence-electron chi connectivity index (χ4n) is 2.75. The van der Waals surface area contributed by atoms with Gasteiger partial charge in [-0.25, -0.2) is 0 Å². The zero-order chi connectivity index (χ0) is 24.1. The molecule has 0 bridgehead atoms. The van der Waals surface area contributed by atoms with Crippen LogP contribution in [-0.2, 0) is 51.9 Å². The van der Waals surface area contributed by atoms with Gasteiger partial charge in [0.2, 0.25) is 0 Å². The molecule has 192 valence electrons. The SMILES string of the molecule is CCO[Si]1(OCC)O[Si](OCC)(OCC)O[Si](OCC)(OCC)O[Si](OCC)(OCC)O1. The molecule has 0 spiro atoms. The predicted molar refractivity (Wildman–Crippen MR) is 120 cm³/mol. The van der Waals surface area contributed by atoms with Crippen molar-refractivity contribution in [3.63, 3.8) is 0 Å². The maximum absolute atomic E-state index is 6.34. The van der Waals surface area contributed by atoms with Crippen molar-refractivity contribution in [2.75, 3.05) is 52.9 Å². The van der Waals surface area contributed by atoms with Crippen LogP contribution in [0, 0.1) is 0 Å². The van der Waals surface area contributed by atoms with Crippen molar-refractivity contribution < 1.29 is 51.9 Å². The first-order valence-electron chi connectivity index (χ1n) is 11.2. The summed E-state index contributed by atoms with van der Waals surface area (Å²) in [5.74, 6) is 0. The molecule has 0 aromatic rings. The van der Waals surface area contributed by atoms with Gasteiger partial charge in [-0.2, -0.15) is 0 Å². The number of rotatable bonds is 16. The zero-order valence-electron chi connectivity index (χ0n) is 20.6. The summed E-state index contributed by atoms with van der Waals surface area (Å²) in [7, 11) is -16.0. The lowest BCUT2D eigenvalue weighted by molar-refractivity contribution is -0.107. The summed E-state index contributed by atoms with van der Waals surface area (Å²) >= 11 is 0. The van der Waals surface area contributed by atoms with Gasteiger partial charge < -0.3 is 51.9 Å². The minimum atomic E-state index is -4.01. The molecule has 0 atom stereocenters. The van der Waals surface area contributed by atoms with E-state index in [0.29, 0.717) is 0 Å². The van der Waals surface area contributed by atoms with Crippen LogP contribution in [0.2, 0.25) is 0 Å². The molecular weight excluding hydrogens is 497 g/mol. The molecule has 16 heteroatoms. The van der Waals surface area contributed by atoms with Gasteiger partial charge in [0.15, 0.2) is 0 Å². The van der Waals surface area contributed by atoms with Crippen molar-refractivity contribution in [2.24, 2.45) is 0 Å². The minimum absolute atomic E-state index is 0.219. The Bertz CT molecular complexity index is 389. The minimum Gasteiger partial charge on any atom is -0.352 e. The molecule has 0 aromatic heterocycles. The Morgan fingerprint density at radius 3 is 0.531 bits per heavy atom. The predicted octanol–water partition coefficient (Wildman–Crippen LogP) is 2.10. The highest BCUT2D eigenvalue weighted by atomic mass is 28.6. The molecule has 0 amide bonds. The molecule has 1 heterocycles. The average molecular weight is 537 g/mol. The van der Waals surface area contributed by atoms with Crippen LogP contribution in [0.4, 0.5) is 0 Å². The van der Waals surface area contributed by atoms with Gasteiger partial charge in [-0.1, -0.05) is 0 Å². The first-order chi connectivity index (χ1) is 15.3. The van der Waals surface area contributed by atoms with Crippen molar-refractivity contribution in [2.45, 2.75) is 55.4 Å². The standard InChI is InChI=1S/C16H40O12Si4/c1-9-17-29(18-10-2)25-30(19-11-3,20-12-4)27-32(23-15-7,24-16-8)28-31(26-29,21-13-5)22-14-6/h9-16H2,1-8H3. The average Bonchev–Trinajstić information content (AvgIpc) is 2.68. The van der Waals surface area contributed by atoms with Gasteiger partial charge in [0.25, 0.3) is 0 Å². The van der Waals surface area contributed by atoms with Crippen molar-refractivity contribution in [1.29, 1.82) is 0 Å². The van der Waals surface area contributed by atoms with Gasteiger partial charge in [0.05, 0.1) is 0 Å². The first kappa shape index (κ1) is 30.4. The highest BCUT2D eigenvalue weighted by Crippen LogP contribution is 2.35. The normalized spacial score (nSPS) is 21.8. The lowest BCUT2D eigenvalue weighted by Gasteiger charge is -2.45. The molecule has 0 unspecified atom stereocenters. The topological polar surface area (TPSA) is 111 Å². The van der Waals surface area contributed by atoms with E-state index in [0.717, 1.165) is 0 Å². The third kappa shape index (κ3) is 8.25. The van der Waals surface area contributed by atoms with E-state index in [1.807, 2.05) is 0 Å². The summed E-state index contributed by atoms with van der Waals surface area (Å²) in [6.45, 7) is 16.1. The summed E-state index contributed by atoms with van der Waals surface area (Å²) in [4.78, 5) is 0. The van der Waals surface area contributed by atoms with E-state index >= 15 is 0 Å². The van der Waals surface area contributed by atoms with Crippen LogP contribution in [0.5, 0.6) is 0 Å². The van der Waals surface area contributed by atoms with Crippen molar-refractivity contribution >= 4 is 36.2 Å². The van der Waals surface area contributed by atoms with E-state index in [4.69, 9.17) is 51.9 Å². The Kier molecular flexibility index (Phi) is 14.0. The zero-order valence-corrected chi connectivity index (χ0v) is 24.6. The Hall–Kier alpha value is 0.388. The van der Waals surface area contributed by atoms with Crippen LogP contribution in [0.15, 0.2) is 0 Å². The van der Waals surface area contributed by atoms with E-state index in [-0.39, 0.29) is 52.9 Å². The Morgan fingerprint density at radius 1 is 0.312 bits per heavy atom. The lowest BCUT2D eigenvalue weighted by atomic mass is 10.9. The molecule has 0 radical (unpaired) electrons. The summed E-state index contributed by atoms with van der Waals surface area (Å²) in [6, 6.07) is 0. The molecule has 1 saturated heterocycles.